The molecule has 2 aromatic rings. The van der Waals surface area contributed by atoms with Gasteiger partial charge in [0.1, 0.15) is 10.6 Å². The molecule has 0 bridgehead atoms. The first-order chi connectivity index (χ1) is 12.3. The van der Waals surface area contributed by atoms with Gasteiger partial charge < -0.3 is 0 Å². The number of fused-ring (bicyclic) bond motifs is 3. The number of benzene rings is 1. The van der Waals surface area contributed by atoms with Crippen LogP contribution < -0.4 is 4.90 Å². The van der Waals surface area contributed by atoms with E-state index >= 15 is 0 Å². The van der Waals surface area contributed by atoms with Crippen molar-refractivity contribution in [3.63, 3.8) is 0 Å². The van der Waals surface area contributed by atoms with E-state index in [1.54, 1.807) is 6.20 Å². The summed E-state index contributed by atoms with van der Waals surface area (Å²) in [5.74, 6) is 0.849. The van der Waals surface area contributed by atoms with Crippen LogP contribution in [0, 0.1) is 0 Å². The molecule has 1 aliphatic carbocycles. The van der Waals surface area contributed by atoms with Crippen LogP contribution in [0.25, 0.3) is 5.70 Å². The van der Waals surface area contributed by atoms with Gasteiger partial charge in [0.05, 0.1) is 11.9 Å². The highest BCUT2D eigenvalue weighted by Gasteiger charge is 2.47. The van der Waals surface area contributed by atoms with E-state index in [0.717, 1.165) is 23.1 Å². The Hall–Kier alpha value is -2.79. The van der Waals surface area contributed by atoms with Crippen molar-refractivity contribution < 1.29 is 4.79 Å². The largest absolute Gasteiger partial charge is 0.300 e. The summed E-state index contributed by atoms with van der Waals surface area (Å²) in [6, 6.07) is 9.37. The van der Waals surface area contributed by atoms with Crippen LogP contribution in [0.1, 0.15) is 16.8 Å². The predicted octanol–water partition coefficient (Wildman–Crippen LogP) is 4.26. The molecule has 0 amide bonds. The lowest BCUT2D eigenvalue weighted by atomic mass is 9.88. The van der Waals surface area contributed by atoms with Gasteiger partial charge in [-0.05, 0) is 30.3 Å². The Morgan fingerprint density at radius 2 is 2.04 bits per heavy atom. The average molecular weight is 345 g/mol. The molecule has 4 nitrogen and oxygen atoms in total. The van der Waals surface area contributed by atoms with E-state index in [9.17, 15) is 4.79 Å². The van der Waals surface area contributed by atoms with Crippen LogP contribution in [0.5, 0.6) is 0 Å². The van der Waals surface area contributed by atoms with Gasteiger partial charge in [-0.15, -0.1) is 0 Å². The van der Waals surface area contributed by atoms with Gasteiger partial charge in [-0.1, -0.05) is 54.6 Å². The molecule has 0 saturated carbocycles. The lowest BCUT2D eigenvalue weighted by molar-refractivity contribution is 0.108. The molecule has 122 valence electrons. The normalized spacial score (nSPS) is 22.4. The summed E-state index contributed by atoms with van der Waals surface area (Å²) < 4.78 is 2.11. The van der Waals surface area contributed by atoms with E-state index in [1.165, 1.54) is 11.8 Å². The fourth-order valence-electron chi connectivity index (χ4n) is 3.59. The minimum absolute atomic E-state index is 0.0280. The number of nitrogens with zero attached hydrogens (tertiary/aromatic N) is 3. The summed E-state index contributed by atoms with van der Waals surface area (Å²) >= 11 is 1.23. The van der Waals surface area contributed by atoms with Crippen LogP contribution >= 0.6 is 11.8 Å². The molecule has 1 aromatic carbocycles. The van der Waals surface area contributed by atoms with Gasteiger partial charge in [0, 0.05) is 11.8 Å². The van der Waals surface area contributed by atoms with Crippen molar-refractivity contribution in [3.8, 4) is 0 Å². The molecule has 25 heavy (non-hydrogen) atoms. The van der Waals surface area contributed by atoms with Gasteiger partial charge in [-0.2, -0.15) is 0 Å². The van der Waals surface area contributed by atoms with Crippen molar-refractivity contribution in [2.75, 3.05) is 4.90 Å². The molecule has 1 unspecified atom stereocenters. The summed E-state index contributed by atoms with van der Waals surface area (Å²) in [6.45, 7) is 0. The zero-order valence-electron chi connectivity index (χ0n) is 13.4. The van der Waals surface area contributed by atoms with Crippen molar-refractivity contribution >= 4 is 28.5 Å². The Morgan fingerprint density at radius 3 is 2.92 bits per heavy atom. The van der Waals surface area contributed by atoms with Crippen LogP contribution in [0.3, 0.4) is 0 Å². The minimum Gasteiger partial charge on any atom is -0.300 e. The van der Waals surface area contributed by atoms with Crippen LogP contribution in [0.2, 0.25) is 0 Å². The summed E-state index contributed by atoms with van der Waals surface area (Å²) in [7, 11) is 0. The van der Waals surface area contributed by atoms with Crippen molar-refractivity contribution in [1.82, 2.24) is 9.55 Å². The molecule has 1 spiro atoms. The van der Waals surface area contributed by atoms with E-state index in [0.29, 0.717) is 5.56 Å². The highest BCUT2D eigenvalue weighted by Crippen LogP contribution is 2.49. The van der Waals surface area contributed by atoms with E-state index in [-0.39, 0.29) is 10.7 Å². The second-order valence-corrected chi connectivity index (χ2v) is 7.10. The van der Waals surface area contributed by atoms with Gasteiger partial charge in [-0.3, -0.25) is 14.3 Å². The van der Waals surface area contributed by atoms with Crippen LogP contribution in [-0.2, 0) is 0 Å². The Kier molecular flexibility index (Phi) is 3.12. The third-order valence-electron chi connectivity index (χ3n) is 4.70. The number of allylic oxidation sites excluding steroid dienone is 4. The number of carbonyl (C=O) groups excluding carboxylic acids is 1. The molecule has 1 atom stereocenters. The topological polar surface area (TPSA) is 38.1 Å². The Labute approximate surface area is 149 Å². The number of hydrogen-bond acceptors (Lipinski definition) is 4. The number of carbonyl (C=O) groups is 1. The van der Waals surface area contributed by atoms with Crippen molar-refractivity contribution in [2.24, 2.45) is 0 Å². The third-order valence-corrected chi connectivity index (χ3v) is 5.62. The second-order valence-electron chi connectivity index (χ2n) is 6.11. The lowest BCUT2D eigenvalue weighted by Gasteiger charge is -2.35. The maximum Gasteiger partial charge on any atom is 0.225 e. The summed E-state index contributed by atoms with van der Waals surface area (Å²) in [5.41, 5.74) is 1.53. The van der Waals surface area contributed by atoms with E-state index in [2.05, 4.69) is 44.8 Å². The standard InChI is InChI=1S/C20H15N3OS/c24-18(15-8-2-1-3-9-15)25-17-14-21-19-22-13-7-6-12-20(22)11-5-4-10-16(20)23(17)19/h1-3,5-14H,4H2. The number of aromatic nitrogens is 2. The predicted molar refractivity (Wildman–Crippen MR) is 100 cm³/mol. The molecule has 0 radical (unpaired) electrons. The smallest absolute Gasteiger partial charge is 0.225 e. The molecule has 0 N–H and O–H groups in total. The van der Waals surface area contributed by atoms with E-state index in [4.69, 9.17) is 0 Å². The maximum absolute atomic E-state index is 12.6. The number of thioether (sulfide) groups is 1. The highest BCUT2D eigenvalue weighted by molar-refractivity contribution is 8.14. The molecule has 0 fully saturated rings. The van der Waals surface area contributed by atoms with Gasteiger partial charge in [0.15, 0.2) is 0 Å². The van der Waals surface area contributed by atoms with Crippen molar-refractivity contribution in [1.29, 1.82) is 0 Å². The third kappa shape index (κ3) is 2.02. The zero-order chi connectivity index (χ0) is 16.9. The minimum atomic E-state index is -0.318. The first kappa shape index (κ1) is 14.5. The lowest BCUT2D eigenvalue weighted by Crippen LogP contribution is -2.41. The Bertz CT molecular complexity index is 984. The molecule has 0 saturated heterocycles. The van der Waals surface area contributed by atoms with Crippen LogP contribution in [0.15, 0.2) is 84.2 Å². The molecule has 1 aromatic heterocycles. The molecular formula is C20H15N3OS. The Morgan fingerprint density at radius 1 is 1.16 bits per heavy atom. The SMILES string of the molecule is O=C(Sc1cnc2n1C1=CCC=CC13C=CC=CN23)c1ccccc1. The maximum atomic E-state index is 12.6. The van der Waals surface area contributed by atoms with E-state index in [1.807, 2.05) is 42.6 Å². The second kappa shape index (κ2) is 5.36. The molecular weight excluding hydrogens is 330 g/mol. The summed E-state index contributed by atoms with van der Waals surface area (Å²) in [4.78, 5) is 19.4. The van der Waals surface area contributed by atoms with Gasteiger partial charge >= 0.3 is 0 Å². The van der Waals surface area contributed by atoms with Crippen LogP contribution in [-0.4, -0.2) is 20.2 Å². The van der Waals surface area contributed by atoms with Crippen molar-refractivity contribution in [2.45, 2.75) is 17.0 Å². The highest BCUT2D eigenvalue weighted by atomic mass is 32.2. The van der Waals surface area contributed by atoms with Gasteiger partial charge in [0.2, 0.25) is 11.1 Å². The quantitative estimate of drug-likeness (QED) is 0.602. The number of anilines is 1. The fourth-order valence-corrected chi connectivity index (χ4v) is 4.41. The number of imidazole rings is 1. The Balaban J connectivity index is 1.57. The first-order valence-electron chi connectivity index (χ1n) is 8.19. The average Bonchev–Trinajstić information content (AvgIpc) is 3.19. The number of hydrogen-bond donors (Lipinski definition) is 0. The monoisotopic (exact) mass is 345 g/mol. The molecule has 2 aliphatic heterocycles. The van der Waals surface area contributed by atoms with Crippen LogP contribution in [0.4, 0.5) is 5.95 Å². The molecule has 3 aliphatic rings. The van der Waals surface area contributed by atoms with Gasteiger partial charge in [-0.25, -0.2) is 4.98 Å². The molecule has 5 rings (SSSR count). The first-order valence-corrected chi connectivity index (χ1v) is 9.00. The van der Waals surface area contributed by atoms with Crippen molar-refractivity contribution in [3.05, 3.63) is 84.7 Å². The molecule has 5 heteroatoms. The zero-order valence-corrected chi connectivity index (χ0v) is 14.2. The number of rotatable bonds is 2. The summed E-state index contributed by atoms with van der Waals surface area (Å²) in [6.07, 6.45) is 17.6. The fraction of sp³-hybridized carbons (Fsp3) is 0.100. The molecule has 3 heterocycles. The van der Waals surface area contributed by atoms with Gasteiger partial charge in [0.25, 0.3) is 0 Å². The summed E-state index contributed by atoms with van der Waals surface area (Å²) in [5, 5.41) is 0.876. The van der Waals surface area contributed by atoms with E-state index < -0.39 is 0 Å².